The number of benzene rings is 1. The van der Waals surface area contributed by atoms with Crippen LogP contribution in [0.15, 0.2) is 48.8 Å². The van der Waals surface area contributed by atoms with E-state index in [1.807, 2.05) is 18.5 Å². The normalized spacial score (nSPS) is 22.4. The molecule has 0 bridgehead atoms. The summed E-state index contributed by atoms with van der Waals surface area (Å²) in [5.41, 5.74) is 2.63. The first-order chi connectivity index (χ1) is 17.7. The third-order valence-corrected chi connectivity index (χ3v) is 8.19. The predicted molar refractivity (Wildman–Crippen MR) is 143 cm³/mol. The van der Waals surface area contributed by atoms with Gasteiger partial charge in [-0.25, -0.2) is 0 Å². The van der Waals surface area contributed by atoms with Crippen LogP contribution >= 0.6 is 0 Å². The number of piperazine rings is 1. The Morgan fingerprint density at radius 3 is 2.25 bits per heavy atom. The van der Waals surface area contributed by atoms with Gasteiger partial charge in [0.05, 0.1) is 6.61 Å². The van der Waals surface area contributed by atoms with Gasteiger partial charge in [0.1, 0.15) is 5.75 Å². The number of hydrogen-bond acceptors (Lipinski definition) is 5. The summed E-state index contributed by atoms with van der Waals surface area (Å²) in [6, 6.07) is 12.8. The van der Waals surface area contributed by atoms with Crippen LogP contribution in [0.5, 0.6) is 5.75 Å². The number of hydrogen-bond donors (Lipinski definition) is 0. The third kappa shape index (κ3) is 7.07. The van der Waals surface area contributed by atoms with E-state index < -0.39 is 0 Å². The molecule has 6 heteroatoms. The van der Waals surface area contributed by atoms with Gasteiger partial charge >= 0.3 is 0 Å². The second-order valence-electron chi connectivity index (χ2n) is 11.0. The van der Waals surface area contributed by atoms with Crippen molar-refractivity contribution in [1.82, 2.24) is 19.7 Å². The van der Waals surface area contributed by atoms with Crippen LogP contribution in [0, 0.1) is 11.8 Å². The SMILES string of the molecule is O=C(C1CCCCC1)N1CCCC(COc2ccc(CN3CCN(Cc4cccnc4)CC3)cc2)C1. The molecule has 0 radical (unpaired) electrons. The molecule has 3 fully saturated rings. The van der Waals surface area contributed by atoms with Crippen LogP contribution in [0.2, 0.25) is 0 Å². The summed E-state index contributed by atoms with van der Waals surface area (Å²) in [7, 11) is 0. The van der Waals surface area contributed by atoms with Gasteiger partial charge in [0.15, 0.2) is 0 Å². The van der Waals surface area contributed by atoms with Gasteiger partial charge in [-0.05, 0) is 55.0 Å². The Morgan fingerprint density at radius 1 is 0.833 bits per heavy atom. The summed E-state index contributed by atoms with van der Waals surface area (Å²) < 4.78 is 6.17. The molecule has 2 aliphatic heterocycles. The molecule has 1 atom stereocenters. The number of aromatic nitrogens is 1. The first-order valence-electron chi connectivity index (χ1n) is 14.1. The minimum Gasteiger partial charge on any atom is -0.493 e. The van der Waals surface area contributed by atoms with E-state index in [4.69, 9.17) is 4.74 Å². The number of nitrogens with zero attached hydrogens (tertiary/aromatic N) is 4. The van der Waals surface area contributed by atoms with Gasteiger partial charge in [0.2, 0.25) is 5.91 Å². The second kappa shape index (κ2) is 12.7. The summed E-state index contributed by atoms with van der Waals surface area (Å²) in [5.74, 6) is 2.06. The zero-order chi connectivity index (χ0) is 24.6. The summed E-state index contributed by atoms with van der Waals surface area (Å²) in [6.07, 6.45) is 12.0. The molecule has 5 rings (SSSR count). The van der Waals surface area contributed by atoms with Crippen molar-refractivity contribution < 1.29 is 9.53 Å². The van der Waals surface area contributed by atoms with Crippen molar-refractivity contribution in [2.45, 2.75) is 58.0 Å². The van der Waals surface area contributed by atoms with Gasteiger partial charge in [0.25, 0.3) is 0 Å². The zero-order valence-corrected chi connectivity index (χ0v) is 21.7. The van der Waals surface area contributed by atoms with Gasteiger partial charge in [0, 0.05) is 76.6 Å². The highest BCUT2D eigenvalue weighted by molar-refractivity contribution is 5.79. The largest absolute Gasteiger partial charge is 0.493 e. The maximum atomic E-state index is 13.0. The Balaban J connectivity index is 1.02. The molecule has 1 unspecified atom stereocenters. The third-order valence-electron chi connectivity index (χ3n) is 8.19. The molecule has 2 aromatic rings. The Hall–Kier alpha value is -2.44. The number of piperidine rings is 1. The minimum absolute atomic E-state index is 0.273. The molecule has 3 aliphatic rings. The van der Waals surface area contributed by atoms with E-state index >= 15 is 0 Å². The molecule has 1 aromatic carbocycles. The van der Waals surface area contributed by atoms with Crippen LogP contribution < -0.4 is 4.74 Å². The molecule has 1 amide bonds. The molecule has 36 heavy (non-hydrogen) atoms. The fraction of sp³-hybridized carbons (Fsp3) is 0.600. The average Bonchev–Trinajstić information content (AvgIpc) is 2.94. The molecular weight excluding hydrogens is 448 g/mol. The van der Waals surface area contributed by atoms with E-state index in [1.165, 1.54) is 30.4 Å². The number of likely N-dealkylation sites (tertiary alicyclic amines) is 1. The van der Waals surface area contributed by atoms with Gasteiger partial charge in [-0.2, -0.15) is 0 Å². The average molecular weight is 491 g/mol. The van der Waals surface area contributed by atoms with Crippen LogP contribution in [-0.4, -0.2) is 71.5 Å². The molecule has 194 valence electrons. The molecule has 2 saturated heterocycles. The minimum atomic E-state index is 0.273. The molecule has 1 aromatic heterocycles. The molecule has 3 heterocycles. The second-order valence-corrected chi connectivity index (χ2v) is 11.0. The van der Waals surface area contributed by atoms with E-state index in [1.54, 1.807) is 0 Å². The highest BCUT2D eigenvalue weighted by atomic mass is 16.5. The molecule has 0 N–H and O–H groups in total. The first-order valence-corrected chi connectivity index (χ1v) is 14.1. The molecule has 0 spiro atoms. The lowest BCUT2D eigenvalue weighted by atomic mass is 9.87. The summed E-state index contributed by atoms with van der Waals surface area (Å²) in [5, 5.41) is 0. The van der Waals surface area contributed by atoms with Crippen molar-refractivity contribution in [3.63, 3.8) is 0 Å². The van der Waals surface area contributed by atoms with E-state index in [2.05, 4.69) is 50.0 Å². The van der Waals surface area contributed by atoms with E-state index in [0.29, 0.717) is 18.4 Å². The van der Waals surface area contributed by atoms with Crippen LogP contribution in [0.4, 0.5) is 0 Å². The van der Waals surface area contributed by atoms with Crippen molar-refractivity contribution in [2.24, 2.45) is 11.8 Å². The van der Waals surface area contributed by atoms with Crippen LogP contribution in [0.3, 0.4) is 0 Å². The number of carbonyl (C=O) groups excluding carboxylic acids is 1. The van der Waals surface area contributed by atoms with Gasteiger partial charge < -0.3 is 9.64 Å². The lowest BCUT2D eigenvalue weighted by Crippen LogP contribution is -2.45. The lowest BCUT2D eigenvalue weighted by molar-refractivity contribution is -0.138. The smallest absolute Gasteiger partial charge is 0.225 e. The quantitative estimate of drug-likeness (QED) is 0.541. The van der Waals surface area contributed by atoms with E-state index in [-0.39, 0.29) is 5.92 Å². The fourth-order valence-electron chi connectivity index (χ4n) is 6.03. The Labute approximate surface area is 216 Å². The van der Waals surface area contributed by atoms with Crippen LogP contribution in [0.25, 0.3) is 0 Å². The first kappa shape index (κ1) is 25.2. The lowest BCUT2D eigenvalue weighted by Gasteiger charge is -2.35. The summed E-state index contributed by atoms with van der Waals surface area (Å²) in [4.78, 5) is 24.4. The maximum Gasteiger partial charge on any atom is 0.225 e. The van der Waals surface area contributed by atoms with Crippen molar-refractivity contribution in [3.8, 4) is 5.75 Å². The van der Waals surface area contributed by atoms with Gasteiger partial charge in [-0.15, -0.1) is 0 Å². The van der Waals surface area contributed by atoms with Gasteiger partial charge in [-0.3, -0.25) is 19.6 Å². The Morgan fingerprint density at radius 2 is 1.56 bits per heavy atom. The summed E-state index contributed by atoms with van der Waals surface area (Å²) in [6.45, 7) is 8.84. The number of ether oxygens (including phenoxy) is 1. The van der Waals surface area contributed by atoms with Crippen molar-refractivity contribution in [3.05, 3.63) is 59.9 Å². The summed E-state index contributed by atoms with van der Waals surface area (Å²) >= 11 is 0. The highest BCUT2D eigenvalue weighted by Crippen LogP contribution is 2.28. The monoisotopic (exact) mass is 490 g/mol. The number of carbonyl (C=O) groups is 1. The number of rotatable bonds is 8. The van der Waals surface area contributed by atoms with Crippen molar-refractivity contribution >= 4 is 5.91 Å². The van der Waals surface area contributed by atoms with Crippen molar-refractivity contribution in [1.29, 1.82) is 0 Å². The molecule has 1 aliphatic carbocycles. The highest BCUT2D eigenvalue weighted by Gasteiger charge is 2.30. The van der Waals surface area contributed by atoms with Crippen LogP contribution in [0.1, 0.15) is 56.1 Å². The van der Waals surface area contributed by atoms with Gasteiger partial charge in [-0.1, -0.05) is 37.5 Å². The predicted octanol–water partition coefficient (Wildman–Crippen LogP) is 4.60. The Bertz CT molecular complexity index is 937. The standard InChI is InChI=1S/C30H42N4O2/c35-30(28-8-2-1-3-9-28)34-15-5-7-27(23-34)24-36-29-12-10-25(11-13-29)21-32-16-18-33(19-17-32)22-26-6-4-14-31-20-26/h4,6,10-14,20,27-28H,1-3,5,7-9,15-19,21-24H2. The van der Waals surface area contributed by atoms with E-state index in [9.17, 15) is 4.79 Å². The van der Waals surface area contributed by atoms with Crippen LogP contribution in [-0.2, 0) is 17.9 Å². The van der Waals surface area contributed by atoms with E-state index in [0.717, 1.165) is 83.8 Å². The fourth-order valence-corrected chi connectivity index (χ4v) is 6.03. The topological polar surface area (TPSA) is 48.9 Å². The molecule has 6 nitrogen and oxygen atoms in total. The molecule has 1 saturated carbocycles. The Kier molecular flexibility index (Phi) is 8.89. The zero-order valence-electron chi connectivity index (χ0n) is 21.7. The number of amides is 1. The van der Waals surface area contributed by atoms with Crippen molar-refractivity contribution in [2.75, 3.05) is 45.9 Å². The molecular formula is C30H42N4O2. The maximum absolute atomic E-state index is 13.0. The number of pyridine rings is 1.